The molecule has 5 aromatic carbocycles. The number of aromatic amines is 1. The van der Waals surface area contributed by atoms with Crippen molar-refractivity contribution < 1.29 is 9.47 Å². The number of rotatable bonds is 5. The highest BCUT2D eigenvalue weighted by molar-refractivity contribution is 6.12. The molecule has 4 heteroatoms. The number of nitrogens with zero attached hydrogens (tertiary/aromatic N) is 1. The molecule has 1 heterocycles. The second-order valence-corrected chi connectivity index (χ2v) is 8.46. The third-order valence-electron chi connectivity index (χ3n) is 6.45. The number of hydrogen-bond acceptors (Lipinski definition) is 3. The maximum absolute atomic E-state index is 5.38. The average molecular weight is 457 g/mol. The minimum atomic E-state index is 0.815. The van der Waals surface area contributed by atoms with Crippen LogP contribution in [0.1, 0.15) is 0 Å². The number of aromatic nitrogens is 2. The third kappa shape index (κ3) is 3.69. The smallest absolute Gasteiger partial charge is 0.139 e. The van der Waals surface area contributed by atoms with E-state index in [4.69, 9.17) is 14.5 Å². The van der Waals surface area contributed by atoms with E-state index in [-0.39, 0.29) is 0 Å². The molecule has 1 aromatic heterocycles. The van der Waals surface area contributed by atoms with Crippen LogP contribution in [0.2, 0.25) is 0 Å². The lowest BCUT2D eigenvalue weighted by Gasteiger charge is -2.09. The number of methoxy groups -OCH3 is 2. The van der Waals surface area contributed by atoms with Gasteiger partial charge >= 0.3 is 0 Å². The van der Waals surface area contributed by atoms with E-state index in [1.165, 1.54) is 21.5 Å². The Labute approximate surface area is 203 Å². The van der Waals surface area contributed by atoms with Crippen molar-refractivity contribution in [2.75, 3.05) is 14.2 Å². The zero-order chi connectivity index (χ0) is 23.8. The lowest BCUT2D eigenvalue weighted by Crippen LogP contribution is -1.87. The maximum Gasteiger partial charge on any atom is 0.139 e. The maximum atomic E-state index is 5.38. The lowest BCUT2D eigenvalue weighted by atomic mass is 9.96. The Hall–Kier alpha value is -4.57. The Bertz CT molecular complexity index is 1530. The van der Waals surface area contributed by atoms with Gasteiger partial charge in [-0.25, -0.2) is 4.98 Å². The zero-order valence-corrected chi connectivity index (χ0v) is 19.6. The van der Waals surface area contributed by atoms with Crippen LogP contribution in [0.15, 0.2) is 103 Å². The van der Waals surface area contributed by atoms with Crippen LogP contribution in [0.5, 0.6) is 11.5 Å². The number of fused-ring (bicyclic) bond motifs is 2. The molecule has 0 spiro atoms. The first kappa shape index (κ1) is 21.0. The fraction of sp³-hybridized carbons (Fsp3) is 0.0645. The van der Waals surface area contributed by atoms with E-state index in [1.54, 1.807) is 14.2 Å². The number of nitrogens with one attached hydrogen (secondary N) is 1. The molecule has 35 heavy (non-hydrogen) atoms. The van der Waals surface area contributed by atoms with Crippen molar-refractivity contribution in [3.8, 4) is 45.4 Å². The van der Waals surface area contributed by atoms with Crippen LogP contribution >= 0.6 is 0 Å². The topological polar surface area (TPSA) is 47.1 Å². The summed E-state index contributed by atoms with van der Waals surface area (Å²) in [7, 11) is 3.35. The molecule has 1 N–H and O–H groups in total. The summed E-state index contributed by atoms with van der Waals surface area (Å²) in [5.41, 5.74) is 5.02. The molecule has 0 unspecified atom stereocenters. The number of benzene rings is 5. The molecule has 0 radical (unpaired) electrons. The second kappa shape index (κ2) is 8.65. The lowest BCUT2D eigenvalue weighted by molar-refractivity contribution is 0.414. The molecule has 0 saturated heterocycles. The van der Waals surface area contributed by atoms with Gasteiger partial charge in [-0.2, -0.15) is 0 Å². The monoisotopic (exact) mass is 456 g/mol. The van der Waals surface area contributed by atoms with Crippen LogP contribution < -0.4 is 9.47 Å². The highest BCUT2D eigenvalue weighted by Crippen LogP contribution is 2.39. The molecule has 0 amide bonds. The standard InChI is InChI=1S/C31H24N2O2/c1-34-24-15-11-20(12-16-24)29-30(21-13-17-25(35-2)18-14-21)33-31(32-29)28-26-9-5-3-7-22(26)19-23-8-4-6-10-27(23)28/h3-19H,1-2H3,(H,32,33). The molecule has 0 aliphatic carbocycles. The minimum Gasteiger partial charge on any atom is -0.497 e. The van der Waals surface area contributed by atoms with Crippen LogP contribution in [0, 0.1) is 0 Å². The van der Waals surface area contributed by atoms with Crippen LogP contribution in [-0.2, 0) is 0 Å². The molecular formula is C31H24N2O2. The fourth-order valence-electron chi connectivity index (χ4n) is 4.68. The summed E-state index contributed by atoms with van der Waals surface area (Å²) in [5, 5.41) is 4.72. The summed E-state index contributed by atoms with van der Waals surface area (Å²) in [6.45, 7) is 0. The van der Waals surface area contributed by atoms with E-state index >= 15 is 0 Å². The molecular weight excluding hydrogens is 432 g/mol. The normalized spacial score (nSPS) is 11.1. The Kier molecular flexibility index (Phi) is 5.19. The molecule has 0 atom stereocenters. The van der Waals surface area contributed by atoms with Crippen molar-refractivity contribution >= 4 is 21.5 Å². The van der Waals surface area contributed by atoms with Gasteiger partial charge in [-0.05, 0) is 76.1 Å². The van der Waals surface area contributed by atoms with Crippen LogP contribution in [0.25, 0.3) is 55.4 Å². The van der Waals surface area contributed by atoms with Gasteiger partial charge in [0.05, 0.1) is 25.6 Å². The molecule has 6 aromatic rings. The van der Waals surface area contributed by atoms with Gasteiger partial charge in [0.15, 0.2) is 0 Å². The van der Waals surface area contributed by atoms with Crippen molar-refractivity contribution in [1.29, 1.82) is 0 Å². The minimum absolute atomic E-state index is 0.815. The Morgan fingerprint density at radius 2 is 1.11 bits per heavy atom. The molecule has 0 saturated carbocycles. The summed E-state index contributed by atoms with van der Waals surface area (Å²) in [6, 6.07) is 35.3. The van der Waals surface area contributed by atoms with Crippen molar-refractivity contribution in [1.82, 2.24) is 9.97 Å². The van der Waals surface area contributed by atoms with Gasteiger partial charge in [0.25, 0.3) is 0 Å². The third-order valence-corrected chi connectivity index (χ3v) is 6.45. The van der Waals surface area contributed by atoms with Crippen molar-refractivity contribution in [3.05, 3.63) is 103 Å². The molecule has 4 nitrogen and oxygen atoms in total. The SMILES string of the molecule is COc1ccc(-c2nc(-c3c4ccccc4cc4ccccc34)[nH]c2-c2ccc(OC)cc2)cc1. The first-order chi connectivity index (χ1) is 17.2. The van der Waals surface area contributed by atoms with Crippen LogP contribution in [0.4, 0.5) is 0 Å². The van der Waals surface area contributed by atoms with E-state index in [2.05, 4.69) is 71.7 Å². The molecule has 0 aliphatic heterocycles. The fourth-order valence-corrected chi connectivity index (χ4v) is 4.68. The highest BCUT2D eigenvalue weighted by atomic mass is 16.5. The summed E-state index contributed by atoms with van der Waals surface area (Å²) in [5.74, 6) is 2.48. The van der Waals surface area contributed by atoms with Gasteiger partial charge in [-0.3, -0.25) is 0 Å². The quantitative estimate of drug-likeness (QED) is 0.270. The van der Waals surface area contributed by atoms with Gasteiger partial charge < -0.3 is 14.5 Å². The van der Waals surface area contributed by atoms with Crippen molar-refractivity contribution in [2.45, 2.75) is 0 Å². The number of imidazole rings is 1. The summed E-state index contributed by atoms with van der Waals surface area (Å²) >= 11 is 0. The van der Waals surface area contributed by atoms with Crippen LogP contribution in [0.3, 0.4) is 0 Å². The largest absolute Gasteiger partial charge is 0.497 e. The van der Waals surface area contributed by atoms with Gasteiger partial charge in [-0.15, -0.1) is 0 Å². The summed E-state index contributed by atoms with van der Waals surface area (Å²) < 4.78 is 10.8. The first-order valence-corrected chi connectivity index (χ1v) is 11.5. The van der Waals surface area contributed by atoms with Crippen molar-refractivity contribution in [3.63, 3.8) is 0 Å². The molecule has 170 valence electrons. The van der Waals surface area contributed by atoms with E-state index in [9.17, 15) is 0 Å². The second-order valence-electron chi connectivity index (χ2n) is 8.46. The predicted octanol–water partition coefficient (Wildman–Crippen LogP) is 7.73. The van der Waals surface area contributed by atoms with Crippen molar-refractivity contribution in [2.24, 2.45) is 0 Å². The van der Waals surface area contributed by atoms with E-state index in [0.717, 1.165) is 45.4 Å². The predicted molar refractivity (Wildman–Crippen MR) is 143 cm³/mol. The molecule has 0 fully saturated rings. The zero-order valence-electron chi connectivity index (χ0n) is 19.6. The van der Waals surface area contributed by atoms with E-state index in [1.807, 2.05) is 36.4 Å². The Morgan fingerprint density at radius 3 is 1.66 bits per heavy atom. The number of H-pyrrole nitrogens is 1. The molecule has 0 aliphatic rings. The molecule has 0 bridgehead atoms. The Morgan fingerprint density at radius 1 is 0.600 bits per heavy atom. The summed E-state index contributed by atoms with van der Waals surface area (Å²) in [4.78, 5) is 8.88. The van der Waals surface area contributed by atoms with Gasteiger partial charge in [0.2, 0.25) is 0 Å². The van der Waals surface area contributed by atoms with E-state index < -0.39 is 0 Å². The number of hydrogen-bond donors (Lipinski definition) is 1. The molecule has 6 rings (SSSR count). The van der Waals surface area contributed by atoms with Gasteiger partial charge in [0.1, 0.15) is 17.3 Å². The van der Waals surface area contributed by atoms with Crippen LogP contribution in [-0.4, -0.2) is 24.2 Å². The Balaban J connectivity index is 1.63. The van der Waals surface area contributed by atoms with Gasteiger partial charge in [0, 0.05) is 16.7 Å². The van der Waals surface area contributed by atoms with Gasteiger partial charge in [-0.1, -0.05) is 48.5 Å². The number of ether oxygens (including phenoxy) is 2. The average Bonchev–Trinajstić information content (AvgIpc) is 3.36. The highest BCUT2D eigenvalue weighted by Gasteiger charge is 2.19. The first-order valence-electron chi connectivity index (χ1n) is 11.5. The van der Waals surface area contributed by atoms with E-state index in [0.29, 0.717) is 0 Å². The summed E-state index contributed by atoms with van der Waals surface area (Å²) in [6.07, 6.45) is 0.